The summed E-state index contributed by atoms with van der Waals surface area (Å²) >= 11 is 0. The summed E-state index contributed by atoms with van der Waals surface area (Å²) in [6.45, 7) is 0.911. The minimum atomic E-state index is -0.853. The summed E-state index contributed by atoms with van der Waals surface area (Å²) < 4.78 is 10.1. The Labute approximate surface area is 181 Å². The minimum Gasteiger partial charge on any atom is -0.452 e. The molecule has 160 valence electrons. The molecular formula is C24H24N2O5. The molecule has 7 nitrogen and oxygen atoms in total. The maximum atomic E-state index is 12.3. The quantitative estimate of drug-likeness (QED) is 0.563. The predicted octanol–water partition coefficient (Wildman–Crippen LogP) is 3.78. The number of carbonyl (C=O) groups excluding carboxylic acids is 3. The molecule has 1 saturated carbocycles. The molecule has 1 amide bonds. The topological polar surface area (TPSA) is 105 Å². The highest BCUT2D eigenvalue weighted by Crippen LogP contribution is 2.27. The van der Waals surface area contributed by atoms with Gasteiger partial charge in [0.05, 0.1) is 11.6 Å². The van der Waals surface area contributed by atoms with Crippen molar-refractivity contribution in [3.63, 3.8) is 0 Å². The van der Waals surface area contributed by atoms with Gasteiger partial charge in [-0.05, 0) is 48.2 Å². The van der Waals surface area contributed by atoms with Gasteiger partial charge in [0.2, 0.25) is 0 Å². The number of amides is 1. The van der Waals surface area contributed by atoms with Crippen molar-refractivity contribution in [2.45, 2.75) is 44.6 Å². The molecule has 2 aromatic carbocycles. The van der Waals surface area contributed by atoms with Crippen molar-refractivity contribution >= 4 is 17.8 Å². The van der Waals surface area contributed by atoms with Crippen LogP contribution in [0.3, 0.4) is 0 Å². The van der Waals surface area contributed by atoms with Crippen LogP contribution in [-0.4, -0.2) is 30.0 Å². The SMILES string of the molecule is CC(=O)Oc1ccc(-c2ccc(C(=O)OCC(=O)NC3(C#N)CCCCC3)cc2)cc1. The number of hydrogen-bond donors (Lipinski definition) is 1. The van der Waals surface area contributed by atoms with Gasteiger partial charge in [-0.15, -0.1) is 0 Å². The van der Waals surface area contributed by atoms with Crippen molar-refractivity contribution in [2.24, 2.45) is 0 Å². The fourth-order valence-electron chi connectivity index (χ4n) is 3.62. The van der Waals surface area contributed by atoms with E-state index in [0.29, 0.717) is 24.2 Å². The number of carbonyl (C=O) groups is 3. The lowest BCUT2D eigenvalue weighted by Gasteiger charge is -2.31. The smallest absolute Gasteiger partial charge is 0.338 e. The monoisotopic (exact) mass is 420 g/mol. The van der Waals surface area contributed by atoms with Crippen molar-refractivity contribution in [3.8, 4) is 22.9 Å². The Morgan fingerprint density at radius 2 is 1.55 bits per heavy atom. The number of hydrogen-bond acceptors (Lipinski definition) is 6. The van der Waals surface area contributed by atoms with Crippen LogP contribution in [0.1, 0.15) is 49.4 Å². The fourth-order valence-corrected chi connectivity index (χ4v) is 3.62. The van der Waals surface area contributed by atoms with Crippen molar-refractivity contribution in [2.75, 3.05) is 6.61 Å². The molecule has 0 bridgehead atoms. The molecule has 0 unspecified atom stereocenters. The second-order valence-corrected chi connectivity index (χ2v) is 7.57. The molecule has 31 heavy (non-hydrogen) atoms. The zero-order chi connectivity index (χ0) is 22.3. The van der Waals surface area contributed by atoms with Crippen LogP contribution in [0.4, 0.5) is 0 Å². The van der Waals surface area contributed by atoms with Crippen LogP contribution in [0.15, 0.2) is 48.5 Å². The summed E-state index contributed by atoms with van der Waals surface area (Å²) in [4.78, 5) is 35.4. The summed E-state index contributed by atoms with van der Waals surface area (Å²) in [5, 5.41) is 12.2. The van der Waals surface area contributed by atoms with E-state index >= 15 is 0 Å². The molecule has 0 aliphatic heterocycles. The molecule has 0 radical (unpaired) electrons. The zero-order valence-corrected chi connectivity index (χ0v) is 17.3. The Hall–Kier alpha value is -3.66. The highest BCUT2D eigenvalue weighted by Gasteiger charge is 2.33. The highest BCUT2D eigenvalue weighted by molar-refractivity contribution is 5.92. The Kier molecular flexibility index (Phi) is 7.03. The summed E-state index contributed by atoms with van der Waals surface area (Å²) in [6, 6.07) is 16.0. The molecule has 7 heteroatoms. The third kappa shape index (κ3) is 5.92. The number of nitrogens with one attached hydrogen (secondary N) is 1. The van der Waals surface area contributed by atoms with Crippen LogP contribution < -0.4 is 10.1 Å². The Balaban J connectivity index is 1.55. The van der Waals surface area contributed by atoms with Gasteiger partial charge >= 0.3 is 11.9 Å². The number of nitrogens with zero attached hydrogens (tertiary/aromatic N) is 1. The normalized spacial score (nSPS) is 14.7. The highest BCUT2D eigenvalue weighted by atomic mass is 16.5. The first-order valence-electron chi connectivity index (χ1n) is 10.2. The maximum absolute atomic E-state index is 12.3. The first-order chi connectivity index (χ1) is 14.9. The van der Waals surface area contributed by atoms with E-state index in [9.17, 15) is 19.6 Å². The molecule has 1 fully saturated rings. The summed E-state index contributed by atoms with van der Waals surface area (Å²) in [7, 11) is 0. The van der Waals surface area contributed by atoms with Gasteiger partial charge in [0, 0.05) is 6.92 Å². The van der Waals surface area contributed by atoms with E-state index in [-0.39, 0.29) is 5.97 Å². The molecule has 0 saturated heterocycles. The third-order valence-corrected chi connectivity index (χ3v) is 5.20. The van der Waals surface area contributed by atoms with Crippen molar-refractivity contribution in [1.82, 2.24) is 5.32 Å². The fraction of sp³-hybridized carbons (Fsp3) is 0.333. The van der Waals surface area contributed by atoms with Gasteiger partial charge in [0.1, 0.15) is 11.3 Å². The molecule has 0 heterocycles. The maximum Gasteiger partial charge on any atom is 0.338 e. The average molecular weight is 420 g/mol. The van der Waals surface area contributed by atoms with Crippen LogP contribution >= 0.6 is 0 Å². The first-order valence-corrected chi connectivity index (χ1v) is 10.2. The van der Waals surface area contributed by atoms with E-state index in [2.05, 4.69) is 11.4 Å². The second-order valence-electron chi connectivity index (χ2n) is 7.57. The van der Waals surface area contributed by atoms with Gasteiger partial charge in [-0.2, -0.15) is 5.26 Å². The number of nitriles is 1. The lowest BCUT2D eigenvalue weighted by atomic mass is 9.83. The van der Waals surface area contributed by atoms with Gasteiger partial charge in [-0.25, -0.2) is 4.79 Å². The molecule has 2 aromatic rings. The Bertz CT molecular complexity index is 984. The summed E-state index contributed by atoms with van der Waals surface area (Å²) in [5.41, 5.74) is 1.23. The van der Waals surface area contributed by atoms with Gasteiger partial charge in [-0.1, -0.05) is 43.5 Å². The lowest BCUT2D eigenvalue weighted by molar-refractivity contribution is -0.132. The molecule has 3 rings (SSSR count). The van der Waals surface area contributed by atoms with Crippen LogP contribution in [0, 0.1) is 11.3 Å². The van der Waals surface area contributed by atoms with E-state index in [4.69, 9.17) is 9.47 Å². The molecule has 1 N–H and O–H groups in total. The molecule has 1 aliphatic carbocycles. The number of esters is 2. The van der Waals surface area contributed by atoms with E-state index < -0.39 is 24.0 Å². The van der Waals surface area contributed by atoms with Gasteiger partial charge in [0.25, 0.3) is 5.91 Å². The molecule has 0 aromatic heterocycles. The van der Waals surface area contributed by atoms with Crippen molar-refractivity contribution in [3.05, 3.63) is 54.1 Å². The minimum absolute atomic E-state index is 0.320. The van der Waals surface area contributed by atoms with Crippen molar-refractivity contribution in [1.29, 1.82) is 5.26 Å². The standard InChI is InChI=1S/C24H24N2O5/c1-17(27)31-21-11-9-19(10-12-21)18-5-7-20(8-6-18)23(29)30-15-22(28)26-24(16-25)13-3-2-4-14-24/h5-12H,2-4,13-15H2,1H3,(H,26,28). The number of rotatable bonds is 6. The van der Waals surface area contributed by atoms with E-state index in [1.165, 1.54) is 6.92 Å². The number of ether oxygens (including phenoxy) is 2. The zero-order valence-electron chi connectivity index (χ0n) is 17.3. The van der Waals surface area contributed by atoms with Gasteiger partial charge in [0.15, 0.2) is 6.61 Å². The molecular weight excluding hydrogens is 396 g/mol. The van der Waals surface area contributed by atoms with Crippen molar-refractivity contribution < 1.29 is 23.9 Å². The Morgan fingerprint density at radius 3 is 2.10 bits per heavy atom. The Morgan fingerprint density at radius 1 is 0.968 bits per heavy atom. The number of benzene rings is 2. The van der Waals surface area contributed by atoms with E-state index in [1.807, 2.05) is 12.1 Å². The predicted molar refractivity (Wildman–Crippen MR) is 113 cm³/mol. The second kappa shape index (κ2) is 9.90. The van der Waals surface area contributed by atoms with Crippen LogP contribution in [-0.2, 0) is 14.3 Å². The summed E-state index contributed by atoms with van der Waals surface area (Å²) in [5.74, 6) is -1.00. The molecule has 0 atom stereocenters. The van der Waals surface area contributed by atoms with Crippen LogP contribution in [0.5, 0.6) is 5.75 Å². The largest absolute Gasteiger partial charge is 0.452 e. The van der Waals surface area contributed by atoms with E-state index in [0.717, 1.165) is 30.4 Å². The first kappa shape index (κ1) is 22.0. The van der Waals surface area contributed by atoms with Gasteiger partial charge in [-0.3, -0.25) is 9.59 Å². The van der Waals surface area contributed by atoms with E-state index in [1.54, 1.807) is 36.4 Å². The van der Waals surface area contributed by atoms with Crippen LogP contribution in [0.2, 0.25) is 0 Å². The molecule has 1 aliphatic rings. The third-order valence-electron chi connectivity index (χ3n) is 5.20. The molecule has 0 spiro atoms. The lowest BCUT2D eigenvalue weighted by Crippen LogP contribution is -2.50. The van der Waals surface area contributed by atoms with Gasteiger partial charge < -0.3 is 14.8 Å². The average Bonchev–Trinajstić information content (AvgIpc) is 2.78. The van der Waals surface area contributed by atoms with Crippen LogP contribution in [0.25, 0.3) is 11.1 Å². The summed E-state index contributed by atoms with van der Waals surface area (Å²) in [6.07, 6.45) is 4.08.